The van der Waals surface area contributed by atoms with Gasteiger partial charge in [-0.25, -0.2) is 0 Å². The number of fused-ring (bicyclic) bond motifs is 2. The van der Waals surface area contributed by atoms with Crippen LogP contribution < -0.4 is 0 Å². The van der Waals surface area contributed by atoms with E-state index in [1.54, 1.807) is 0 Å². The van der Waals surface area contributed by atoms with E-state index in [0.717, 1.165) is 0 Å². The minimum absolute atomic E-state index is 0.0824. The normalized spacial score (nSPS) is 18.5. The second-order valence-corrected chi connectivity index (χ2v) is 57.5. The van der Waals surface area contributed by atoms with E-state index in [4.69, 9.17) is 17.0 Å². The molecule has 239 valence electrons. The third kappa shape index (κ3) is 5.08. The van der Waals surface area contributed by atoms with E-state index in [2.05, 4.69) is 153 Å². The molecule has 0 nitrogen and oxygen atoms in total. The van der Waals surface area contributed by atoms with Gasteiger partial charge in [-0.3, -0.25) is 0 Å². The van der Waals surface area contributed by atoms with Gasteiger partial charge in [0.05, 0.1) is 0 Å². The first kappa shape index (κ1) is 33.9. The van der Waals surface area contributed by atoms with Crippen LogP contribution in [0.5, 0.6) is 0 Å². The van der Waals surface area contributed by atoms with Crippen LogP contribution in [0.3, 0.4) is 0 Å². The van der Waals surface area contributed by atoms with E-state index in [1.807, 2.05) is 0 Å². The van der Waals surface area contributed by atoms with Crippen LogP contribution in [0.15, 0.2) is 83.9 Å². The number of benzene rings is 4. The third-order valence-electron chi connectivity index (χ3n) is 11.5. The Morgan fingerprint density at radius 2 is 0.891 bits per heavy atom. The van der Waals surface area contributed by atoms with Gasteiger partial charge >= 0.3 is 289 Å². The van der Waals surface area contributed by atoms with Gasteiger partial charge in [-0.15, -0.1) is 0 Å². The molecule has 0 aromatic heterocycles. The van der Waals surface area contributed by atoms with Crippen molar-refractivity contribution in [3.8, 4) is 22.3 Å². The van der Waals surface area contributed by atoms with Gasteiger partial charge in [0.2, 0.25) is 0 Å². The molecular formula is C42H49Cl2SiZr. The summed E-state index contributed by atoms with van der Waals surface area (Å²) in [6, 6.07) is 27.2. The zero-order valence-electron chi connectivity index (χ0n) is 29.2. The van der Waals surface area contributed by atoms with Gasteiger partial charge in [-0.05, 0) is 0 Å². The van der Waals surface area contributed by atoms with Crippen molar-refractivity contribution in [2.75, 3.05) is 0 Å². The van der Waals surface area contributed by atoms with Gasteiger partial charge in [-0.1, -0.05) is 0 Å². The fraction of sp³-hybridized carbons (Fsp3) is 0.333. The number of rotatable bonds is 7. The molecule has 0 spiro atoms. The van der Waals surface area contributed by atoms with Crippen LogP contribution in [0.1, 0.15) is 79.5 Å². The molecule has 0 N–H and O–H groups in total. The van der Waals surface area contributed by atoms with Crippen molar-refractivity contribution in [1.29, 1.82) is 0 Å². The summed E-state index contributed by atoms with van der Waals surface area (Å²) in [6.45, 7) is 23.2. The summed E-state index contributed by atoms with van der Waals surface area (Å²) in [6.07, 6.45) is 5.00. The van der Waals surface area contributed by atoms with E-state index in [1.165, 1.54) is 77.9 Å². The molecule has 0 heterocycles. The molecule has 0 fully saturated rings. The van der Waals surface area contributed by atoms with Crippen LogP contribution in [0.25, 0.3) is 34.4 Å². The molecule has 4 heteroatoms. The van der Waals surface area contributed by atoms with Gasteiger partial charge in [0.25, 0.3) is 0 Å². The van der Waals surface area contributed by atoms with Gasteiger partial charge in [-0.2, -0.15) is 0 Å². The predicted octanol–water partition coefficient (Wildman–Crippen LogP) is 13.1. The topological polar surface area (TPSA) is 0 Å². The molecule has 0 bridgehead atoms. The monoisotopic (exact) mass is 741 g/mol. The number of hydrogen-bond donors (Lipinski definition) is 0. The Morgan fingerprint density at radius 3 is 1.24 bits per heavy atom. The summed E-state index contributed by atoms with van der Waals surface area (Å²) < 4.78 is 0.165. The first-order valence-corrected chi connectivity index (χ1v) is 33.4. The zero-order valence-corrected chi connectivity index (χ0v) is 34.4. The first-order chi connectivity index (χ1) is 21.7. The summed E-state index contributed by atoms with van der Waals surface area (Å²) in [4.78, 5) is 0. The number of allylic oxidation sites excluding steroid dienone is 2. The average Bonchev–Trinajstić information content (AvgIpc) is 3.61. The molecule has 2 aliphatic rings. The molecule has 46 heavy (non-hydrogen) atoms. The summed E-state index contributed by atoms with van der Waals surface area (Å²) in [5.74, 6) is -0.969. The SMILES string of the molecule is Cc1cccc(-c2cccc3c2C=C(C(C)C)[CH]3[Zr]([Cl])([Cl])([CH]2C(C(C)C)=Cc3c(-c4cccc(C)c4C)cccc32)[SiH](C)C)c1C. The number of hydrogen-bond acceptors (Lipinski definition) is 0. The zero-order chi connectivity index (χ0) is 33.3. The minimum atomic E-state index is -4.88. The van der Waals surface area contributed by atoms with Gasteiger partial charge < -0.3 is 0 Å². The van der Waals surface area contributed by atoms with E-state index < -0.39 is 21.5 Å². The van der Waals surface area contributed by atoms with Crippen LogP contribution >= 0.6 is 17.0 Å². The Hall–Kier alpha value is -1.96. The van der Waals surface area contributed by atoms with E-state index in [-0.39, 0.29) is 7.25 Å². The van der Waals surface area contributed by atoms with Gasteiger partial charge in [0.15, 0.2) is 0 Å². The van der Waals surface area contributed by atoms with Crippen molar-refractivity contribution in [3.63, 3.8) is 0 Å². The predicted molar refractivity (Wildman–Crippen MR) is 204 cm³/mol. The van der Waals surface area contributed by atoms with Crippen molar-refractivity contribution >= 4 is 35.1 Å². The molecule has 2 aliphatic carbocycles. The molecule has 2 atom stereocenters. The van der Waals surface area contributed by atoms with Crippen molar-refractivity contribution in [2.45, 2.75) is 75.7 Å². The first-order valence-electron chi connectivity index (χ1n) is 17.1. The van der Waals surface area contributed by atoms with Crippen molar-refractivity contribution in [3.05, 3.63) is 128 Å². The van der Waals surface area contributed by atoms with Crippen molar-refractivity contribution < 1.29 is 15.6 Å². The molecule has 4 aromatic carbocycles. The second-order valence-electron chi connectivity index (χ2n) is 15.0. The van der Waals surface area contributed by atoms with E-state index in [0.29, 0.717) is 11.8 Å². The summed E-state index contributed by atoms with van der Waals surface area (Å²) >= 11 is -4.88. The van der Waals surface area contributed by atoms with Gasteiger partial charge in [0.1, 0.15) is 0 Å². The molecule has 0 amide bonds. The molecule has 0 saturated heterocycles. The molecule has 6 rings (SSSR count). The maximum atomic E-state index is 8.74. The summed E-state index contributed by atoms with van der Waals surface area (Å²) in [7, 11) is 17.5. The van der Waals surface area contributed by atoms with Crippen LogP contribution in [-0.2, 0) is 15.6 Å². The third-order valence-corrected chi connectivity index (χ3v) is 63.2. The molecular weight excluding hydrogens is 695 g/mol. The number of aryl methyl sites for hydroxylation is 2. The van der Waals surface area contributed by atoms with E-state index >= 15 is 0 Å². The number of halogens is 2. The Bertz CT molecular complexity index is 1790. The Morgan fingerprint density at radius 1 is 0.543 bits per heavy atom. The maximum absolute atomic E-state index is 8.74. The Balaban J connectivity index is 1.64. The van der Waals surface area contributed by atoms with Crippen LogP contribution in [0.4, 0.5) is 0 Å². The fourth-order valence-electron chi connectivity index (χ4n) is 8.47. The molecule has 0 saturated carbocycles. The standard InChI is InChI=1S/2C20H21.C2H7Si.2ClH.Zr/c2*1-13(2)17-11-16-8-6-10-19(20(16)12-17)18-9-5-7-14(3)15(18)4;1-3-2;;;/h2*5-13H,1-4H3;3H,1-2H3;2*1H;/q;;;;;+2/p-2. The average molecular weight is 744 g/mol. The fourth-order valence-corrected chi connectivity index (χ4v) is 40.0. The Kier molecular flexibility index (Phi) is 8.98. The quantitative estimate of drug-likeness (QED) is 0.165. The van der Waals surface area contributed by atoms with Crippen molar-refractivity contribution in [1.82, 2.24) is 0 Å². The van der Waals surface area contributed by atoms with Crippen LogP contribution in [0, 0.1) is 39.5 Å². The summed E-state index contributed by atoms with van der Waals surface area (Å²) in [5.41, 5.74) is 18.8. The van der Waals surface area contributed by atoms with Crippen LogP contribution in [-0.4, -0.2) is 5.92 Å². The van der Waals surface area contributed by atoms with Gasteiger partial charge in [0, 0.05) is 0 Å². The van der Waals surface area contributed by atoms with E-state index in [9.17, 15) is 0 Å². The van der Waals surface area contributed by atoms with Crippen molar-refractivity contribution in [2.24, 2.45) is 11.8 Å². The molecule has 0 aliphatic heterocycles. The molecule has 2 unspecified atom stereocenters. The molecule has 4 aromatic rings. The molecule has 0 radical (unpaired) electrons. The van der Waals surface area contributed by atoms with Crippen LogP contribution in [0.2, 0.25) is 13.1 Å². The second kappa shape index (κ2) is 12.2. The summed E-state index contributed by atoms with van der Waals surface area (Å²) in [5, 5.41) is 0. The Labute approximate surface area is 286 Å².